The van der Waals surface area contributed by atoms with Crippen LogP contribution in [-0.2, 0) is 16.6 Å². The van der Waals surface area contributed by atoms with E-state index in [2.05, 4.69) is 22.4 Å². The molecule has 4 rings (SSSR count). The van der Waals surface area contributed by atoms with Crippen molar-refractivity contribution < 1.29 is 19.4 Å². The van der Waals surface area contributed by atoms with E-state index in [1.54, 1.807) is 29.8 Å². The number of hydrogen-bond acceptors (Lipinski definition) is 4. The summed E-state index contributed by atoms with van der Waals surface area (Å²) < 4.78 is 7.05. The van der Waals surface area contributed by atoms with Gasteiger partial charge >= 0.3 is 5.97 Å². The number of ether oxygens (including phenoxy) is 1. The van der Waals surface area contributed by atoms with Crippen LogP contribution >= 0.6 is 0 Å². The molecular formula is C25H29N3O4. The maximum absolute atomic E-state index is 13.2. The SMILES string of the molecule is COc1ccc(C2(CNC(=O)c3cccc4nc(CCC(=O)O)cn34)CCCCC2)cc1. The summed E-state index contributed by atoms with van der Waals surface area (Å²) in [5.74, 6) is -0.193. The van der Waals surface area contributed by atoms with Gasteiger partial charge in [-0.15, -0.1) is 0 Å². The Labute approximate surface area is 187 Å². The van der Waals surface area contributed by atoms with Crippen molar-refractivity contribution in [2.45, 2.75) is 50.4 Å². The highest BCUT2D eigenvalue weighted by atomic mass is 16.5. The Hall–Kier alpha value is -3.35. The number of rotatable bonds is 8. The first-order valence-corrected chi connectivity index (χ1v) is 11.1. The van der Waals surface area contributed by atoms with E-state index < -0.39 is 5.97 Å². The third-order valence-electron chi connectivity index (χ3n) is 6.47. The maximum Gasteiger partial charge on any atom is 0.303 e. The lowest BCUT2D eigenvalue weighted by molar-refractivity contribution is -0.136. The molecule has 168 valence electrons. The summed E-state index contributed by atoms with van der Waals surface area (Å²) >= 11 is 0. The van der Waals surface area contributed by atoms with Crippen LogP contribution in [0, 0.1) is 0 Å². The zero-order valence-corrected chi connectivity index (χ0v) is 18.3. The average Bonchev–Trinajstić information content (AvgIpc) is 3.25. The smallest absolute Gasteiger partial charge is 0.303 e. The van der Waals surface area contributed by atoms with Crippen molar-refractivity contribution in [2.24, 2.45) is 0 Å². The lowest BCUT2D eigenvalue weighted by Crippen LogP contribution is -2.42. The molecule has 0 atom stereocenters. The Balaban J connectivity index is 1.54. The van der Waals surface area contributed by atoms with Crippen LogP contribution in [0.3, 0.4) is 0 Å². The quantitative estimate of drug-likeness (QED) is 0.558. The predicted octanol–water partition coefficient (Wildman–Crippen LogP) is 3.99. The number of carbonyl (C=O) groups is 2. The van der Waals surface area contributed by atoms with Gasteiger partial charge in [0, 0.05) is 24.6 Å². The fourth-order valence-electron chi connectivity index (χ4n) is 4.68. The molecule has 32 heavy (non-hydrogen) atoms. The number of methoxy groups -OCH3 is 1. The Kier molecular flexibility index (Phi) is 6.44. The number of fused-ring (bicyclic) bond motifs is 1. The third-order valence-corrected chi connectivity index (χ3v) is 6.47. The van der Waals surface area contributed by atoms with Crippen LogP contribution in [0.15, 0.2) is 48.7 Å². The van der Waals surface area contributed by atoms with Crippen molar-refractivity contribution in [3.8, 4) is 5.75 Å². The molecule has 1 aromatic carbocycles. The minimum Gasteiger partial charge on any atom is -0.497 e. The number of aryl methyl sites for hydroxylation is 1. The number of carboxylic acids is 1. The Morgan fingerprint density at radius 1 is 1.12 bits per heavy atom. The molecule has 2 heterocycles. The Morgan fingerprint density at radius 2 is 1.88 bits per heavy atom. The van der Waals surface area contributed by atoms with Gasteiger partial charge in [0.15, 0.2) is 0 Å². The second-order valence-corrected chi connectivity index (χ2v) is 8.52. The largest absolute Gasteiger partial charge is 0.497 e. The highest BCUT2D eigenvalue weighted by Gasteiger charge is 2.34. The zero-order valence-electron chi connectivity index (χ0n) is 18.3. The van der Waals surface area contributed by atoms with Crippen LogP contribution in [0.25, 0.3) is 5.65 Å². The molecule has 1 saturated carbocycles. The van der Waals surface area contributed by atoms with Crippen molar-refractivity contribution in [3.05, 3.63) is 65.6 Å². The fourth-order valence-corrected chi connectivity index (χ4v) is 4.68. The minimum atomic E-state index is -0.865. The van der Waals surface area contributed by atoms with Crippen molar-refractivity contribution in [1.29, 1.82) is 0 Å². The molecule has 1 aliphatic carbocycles. The van der Waals surface area contributed by atoms with Gasteiger partial charge in [0.2, 0.25) is 0 Å². The number of carboxylic acid groups (broad SMARTS) is 1. The van der Waals surface area contributed by atoms with Gasteiger partial charge in [-0.3, -0.25) is 14.0 Å². The van der Waals surface area contributed by atoms with E-state index in [9.17, 15) is 9.59 Å². The van der Waals surface area contributed by atoms with E-state index >= 15 is 0 Å². The number of hydrogen-bond donors (Lipinski definition) is 2. The summed E-state index contributed by atoms with van der Waals surface area (Å²) in [4.78, 5) is 28.5. The molecule has 0 bridgehead atoms. The number of aromatic nitrogens is 2. The molecule has 0 saturated heterocycles. The number of nitrogens with zero attached hydrogens (tertiary/aromatic N) is 2. The van der Waals surface area contributed by atoms with Crippen LogP contribution in [0.4, 0.5) is 0 Å². The summed E-state index contributed by atoms with van der Waals surface area (Å²) in [7, 11) is 1.66. The molecular weight excluding hydrogens is 406 g/mol. The van der Waals surface area contributed by atoms with Gasteiger partial charge in [-0.1, -0.05) is 37.5 Å². The van der Waals surface area contributed by atoms with Crippen LogP contribution in [0.2, 0.25) is 0 Å². The van der Waals surface area contributed by atoms with E-state index in [0.29, 0.717) is 30.0 Å². The molecule has 2 aromatic heterocycles. The summed E-state index contributed by atoms with van der Waals surface area (Å²) in [6.07, 6.45) is 7.68. The molecule has 1 amide bonds. The van der Waals surface area contributed by atoms with Crippen molar-refractivity contribution >= 4 is 17.5 Å². The molecule has 7 heteroatoms. The molecule has 1 aliphatic rings. The van der Waals surface area contributed by atoms with Gasteiger partial charge in [0.1, 0.15) is 17.1 Å². The molecule has 7 nitrogen and oxygen atoms in total. The standard InChI is InChI=1S/C25H29N3O4/c1-32-20-11-8-18(9-12-20)25(14-3-2-4-15-25)17-26-24(31)21-6-5-7-22-27-19(16-28(21)22)10-13-23(29)30/h5-9,11-12,16H,2-4,10,13-15,17H2,1H3,(H,26,31)(H,29,30). The van der Waals surface area contributed by atoms with Crippen molar-refractivity contribution in [2.75, 3.05) is 13.7 Å². The monoisotopic (exact) mass is 435 g/mol. The minimum absolute atomic E-state index is 0.00972. The van der Waals surface area contributed by atoms with Gasteiger partial charge in [0.25, 0.3) is 5.91 Å². The molecule has 0 aliphatic heterocycles. The van der Waals surface area contributed by atoms with Gasteiger partial charge in [-0.2, -0.15) is 0 Å². The van der Waals surface area contributed by atoms with Crippen LogP contribution < -0.4 is 10.1 Å². The number of carbonyl (C=O) groups excluding carboxylic acids is 1. The maximum atomic E-state index is 13.2. The lowest BCUT2D eigenvalue weighted by atomic mass is 9.69. The lowest BCUT2D eigenvalue weighted by Gasteiger charge is -2.38. The number of pyridine rings is 1. The summed E-state index contributed by atoms with van der Waals surface area (Å²) in [5, 5.41) is 12.1. The number of imidazole rings is 1. The molecule has 0 spiro atoms. The second-order valence-electron chi connectivity index (χ2n) is 8.52. The van der Waals surface area contributed by atoms with Gasteiger partial charge < -0.3 is 15.2 Å². The number of benzene rings is 1. The number of nitrogens with one attached hydrogen (secondary N) is 1. The van der Waals surface area contributed by atoms with Crippen LogP contribution in [0.1, 0.15) is 60.3 Å². The molecule has 1 fully saturated rings. The highest BCUT2D eigenvalue weighted by molar-refractivity contribution is 5.93. The van der Waals surface area contributed by atoms with Gasteiger partial charge in [-0.05, 0) is 42.7 Å². The predicted molar refractivity (Wildman–Crippen MR) is 121 cm³/mol. The van der Waals surface area contributed by atoms with Crippen LogP contribution in [-0.4, -0.2) is 40.0 Å². The topological polar surface area (TPSA) is 92.9 Å². The normalized spacial score (nSPS) is 15.4. The molecule has 2 N–H and O–H groups in total. The molecule has 0 unspecified atom stereocenters. The first-order valence-electron chi connectivity index (χ1n) is 11.1. The first kappa shape index (κ1) is 21.9. The van der Waals surface area contributed by atoms with Crippen molar-refractivity contribution in [3.63, 3.8) is 0 Å². The summed E-state index contributed by atoms with van der Waals surface area (Å²) in [6, 6.07) is 13.6. The highest BCUT2D eigenvalue weighted by Crippen LogP contribution is 2.39. The first-order chi connectivity index (χ1) is 15.5. The van der Waals surface area contributed by atoms with E-state index in [1.807, 2.05) is 18.2 Å². The van der Waals surface area contributed by atoms with E-state index in [0.717, 1.165) is 31.4 Å². The van der Waals surface area contributed by atoms with E-state index in [4.69, 9.17) is 9.84 Å². The summed E-state index contributed by atoms with van der Waals surface area (Å²) in [6.45, 7) is 0.565. The van der Waals surface area contributed by atoms with Crippen molar-refractivity contribution in [1.82, 2.24) is 14.7 Å². The van der Waals surface area contributed by atoms with Crippen LogP contribution in [0.5, 0.6) is 5.75 Å². The average molecular weight is 436 g/mol. The second kappa shape index (κ2) is 9.42. The summed E-state index contributed by atoms with van der Waals surface area (Å²) in [5.41, 5.74) is 2.94. The molecule has 0 radical (unpaired) electrons. The van der Waals surface area contributed by atoms with Gasteiger partial charge in [-0.25, -0.2) is 4.98 Å². The Bertz CT molecular complexity index is 1100. The van der Waals surface area contributed by atoms with Gasteiger partial charge in [0.05, 0.1) is 19.2 Å². The third kappa shape index (κ3) is 4.61. The van der Waals surface area contributed by atoms with E-state index in [1.165, 1.54) is 12.0 Å². The van der Waals surface area contributed by atoms with E-state index in [-0.39, 0.29) is 17.7 Å². The number of aliphatic carboxylic acids is 1. The molecule has 3 aromatic rings. The zero-order chi connectivity index (χ0) is 22.6. The number of amides is 1. The Morgan fingerprint density at radius 3 is 2.56 bits per heavy atom. The fraction of sp³-hybridized carbons (Fsp3) is 0.400.